The second-order valence-electron chi connectivity index (χ2n) is 7.00. The normalized spacial score (nSPS) is 16.3. The van der Waals surface area contributed by atoms with Crippen LogP contribution in [0.5, 0.6) is 11.5 Å². The molecule has 0 aliphatic carbocycles. The maximum atomic E-state index is 12.6. The number of aromatic nitrogens is 1. The molecule has 1 fully saturated rings. The number of methoxy groups -OCH3 is 2. The molecule has 2 heterocycles. The van der Waals surface area contributed by atoms with Crippen LogP contribution >= 0.6 is 11.6 Å². The Balaban J connectivity index is 1.55. The molecule has 1 atom stereocenters. The van der Waals surface area contributed by atoms with Crippen LogP contribution < -0.4 is 14.8 Å². The summed E-state index contributed by atoms with van der Waals surface area (Å²) in [5, 5.41) is 3.16. The van der Waals surface area contributed by atoms with Gasteiger partial charge in [0.1, 0.15) is 11.5 Å². The Labute approximate surface area is 176 Å². The molecule has 1 N–H and O–H groups in total. The zero-order chi connectivity index (χ0) is 20.8. The lowest BCUT2D eigenvalue weighted by atomic mass is 10.1. The molecule has 1 unspecified atom stereocenters. The molecular weight excluding hydrogens is 392 g/mol. The number of carbonyl (C=O) groups is 1. The highest BCUT2D eigenvalue weighted by Crippen LogP contribution is 2.26. The molecule has 3 rings (SSSR count). The van der Waals surface area contributed by atoms with Gasteiger partial charge in [-0.25, -0.2) is 4.98 Å². The first-order chi connectivity index (χ1) is 14.0. The Bertz CT molecular complexity index is 840. The second kappa shape index (κ2) is 9.91. The van der Waals surface area contributed by atoms with Crippen LogP contribution in [0.2, 0.25) is 5.15 Å². The Morgan fingerprint density at radius 3 is 2.62 bits per heavy atom. The standard InChI is InChI=1S/C21H27ClN4O3/c1-15(21(27)24-18-5-4-8-23-20(18)22)26-11-9-25(10-12-26)14-16-13-17(28-2)6-7-19(16)29-3/h4-8,13,15H,9-12,14H2,1-3H3,(H,24,27). The van der Waals surface area contributed by atoms with E-state index in [2.05, 4.69) is 20.1 Å². The highest BCUT2D eigenvalue weighted by atomic mass is 35.5. The van der Waals surface area contributed by atoms with Gasteiger partial charge < -0.3 is 14.8 Å². The number of halogens is 1. The third kappa shape index (κ3) is 5.38. The summed E-state index contributed by atoms with van der Waals surface area (Å²) in [6, 6.07) is 9.09. The Morgan fingerprint density at radius 2 is 1.97 bits per heavy atom. The van der Waals surface area contributed by atoms with Crippen LogP contribution in [-0.2, 0) is 11.3 Å². The Hall–Kier alpha value is -2.35. The quantitative estimate of drug-likeness (QED) is 0.697. The summed E-state index contributed by atoms with van der Waals surface area (Å²) >= 11 is 6.04. The first kappa shape index (κ1) is 21.4. The first-order valence-corrected chi connectivity index (χ1v) is 9.98. The highest BCUT2D eigenvalue weighted by Gasteiger charge is 2.26. The number of amides is 1. The second-order valence-corrected chi connectivity index (χ2v) is 7.35. The van der Waals surface area contributed by atoms with Gasteiger partial charge in [-0.05, 0) is 37.3 Å². The van der Waals surface area contributed by atoms with Crippen molar-refractivity contribution in [3.63, 3.8) is 0 Å². The number of ether oxygens (including phenoxy) is 2. The van der Waals surface area contributed by atoms with Crippen molar-refractivity contribution < 1.29 is 14.3 Å². The molecule has 1 aromatic carbocycles. The van der Waals surface area contributed by atoms with E-state index < -0.39 is 0 Å². The zero-order valence-electron chi connectivity index (χ0n) is 17.0. The van der Waals surface area contributed by atoms with Crippen molar-refractivity contribution >= 4 is 23.2 Å². The van der Waals surface area contributed by atoms with Gasteiger partial charge in [0.2, 0.25) is 5.91 Å². The van der Waals surface area contributed by atoms with Gasteiger partial charge in [0.15, 0.2) is 5.15 Å². The van der Waals surface area contributed by atoms with Crippen LogP contribution in [0, 0.1) is 0 Å². The maximum Gasteiger partial charge on any atom is 0.241 e. The minimum Gasteiger partial charge on any atom is -0.497 e. The fourth-order valence-corrected chi connectivity index (χ4v) is 3.60. The number of nitrogens with zero attached hydrogens (tertiary/aromatic N) is 3. The molecule has 0 radical (unpaired) electrons. The van der Waals surface area contributed by atoms with E-state index in [1.54, 1.807) is 32.5 Å². The number of nitrogens with one attached hydrogen (secondary N) is 1. The molecule has 1 saturated heterocycles. The van der Waals surface area contributed by atoms with E-state index in [-0.39, 0.29) is 11.9 Å². The predicted octanol–water partition coefficient (Wildman–Crippen LogP) is 2.90. The highest BCUT2D eigenvalue weighted by molar-refractivity contribution is 6.32. The minimum atomic E-state index is -0.250. The molecule has 29 heavy (non-hydrogen) atoms. The van der Waals surface area contributed by atoms with Gasteiger partial charge in [0.25, 0.3) is 0 Å². The third-order valence-corrected chi connectivity index (χ3v) is 5.53. The van der Waals surface area contributed by atoms with E-state index in [1.165, 1.54) is 0 Å². The molecule has 1 aliphatic rings. The molecule has 7 nitrogen and oxygen atoms in total. The first-order valence-electron chi connectivity index (χ1n) is 9.60. The molecular formula is C21H27ClN4O3. The van der Waals surface area contributed by atoms with Crippen LogP contribution in [0.25, 0.3) is 0 Å². The lowest BCUT2D eigenvalue weighted by Gasteiger charge is -2.37. The Morgan fingerprint density at radius 1 is 1.21 bits per heavy atom. The van der Waals surface area contributed by atoms with E-state index in [0.29, 0.717) is 10.8 Å². The number of hydrogen-bond acceptors (Lipinski definition) is 6. The lowest BCUT2D eigenvalue weighted by molar-refractivity contribution is -0.121. The molecule has 1 aliphatic heterocycles. The topological polar surface area (TPSA) is 66.9 Å². The van der Waals surface area contributed by atoms with E-state index >= 15 is 0 Å². The van der Waals surface area contributed by atoms with Crippen molar-refractivity contribution in [1.82, 2.24) is 14.8 Å². The van der Waals surface area contributed by atoms with Crippen molar-refractivity contribution in [2.45, 2.75) is 19.5 Å². The van der Waals surface area contributed by atoms with E-state index in [9.17, 15) is 4.79 Å². The van der Waals surface area contributed by atoms with Crippen LogP contribution in [-0.4, -0.2) is 67.1 Å². The zero-order valence-corrected chi connectivity index (χ0v) is 17.8. The number of pyridine rings is 1. The summed E-state index contributed by atoms with van der Waals surface area (Å²) < 4.78 is 10.8. The summed E-state index contributed by atoms with van der Waals surface area (Å²) in [5.74, 6) is 1.59. The monoisotopic (exact) mass is 418 g/mol. The number of hydrogen-bond donors (Lipinski definition) is 1. The smallest absolute Gasteiger partial charge is 0.241 e. The molecule has 0 bridgehead atoms. The van der Waals surface area contributed by atoms with Gasteiger partial charge >= 0.3 is 0 Å². The molecule has 0 spiro atoms. The fraction of sp³-hybridized carbons (Fsp3) is 0.429. The Kier molecular flexibility index (Phi) is 7.30. The third-order valence-electron chi connectivity index (χ3n) is 5.23. The average molecular weight is 419 g/mol. The number of piperazine rings is 1. The molecule has 1 aromatic heterocycles. The van der Waals surface area contributed by atoms with Gasteiger partial charge in [-0.1, -0.05) is 11.6 Å². The van der Waals surface area contributed by atoms with Crippen molar-refractivity contribution in [3.05, 3.63) is 47.2 Å². The number of anilines is 1. The van der Waals surface area contributed by atoms with Crippen molar-refractivity contribution in [2.75, 3.05) is 45.7 Å². The largest absolute Gasteiger partial charge is 0.497 e. The van der Waals surface area contributed by atoms with Gasteiger partial charge in [-0.3, -0.25) is 14.6 Å². The van der Waals surface area contributed by atoms with Crippen molar-refractivity contribution in [2.24, 2.45) is 0 Å². The SMILES string of the molecule is COc1ccc(OC)c(CN2CCN(C(C)C(=O)Nc3cccnc3Cl)CC2)c1. The molecule has 8 heteroatoms. The molecule has 0 saturated carbocycles. The summed E-state index contributed by atoms with van der Waals surface area (Å²) in [4.78, 5) is 21.1. The fourth-order valence-electron chi connectivity index (χ4n) is 3.44. The molecule has 1 amide bonds. The number of rotatable bonds is 7. The van der Waals surface area contributed by atoms with Gasteiger partial charge in [0, 0.05) is 44.5 Å². The van der Waals surface area contributed by atoms with Crippen molar-refractivity contribution in [3.8, 4) is 11.5 Å². The van der Waals surface area contributed by atoms with E-state index in [1.807, 2.05) is 25.1 Å². The summed E-state index contributed by atoms with van der Waals surface area (Å²) in [7, 11) is 3.34. The van der Waals surface area contributed by atoms with Gasteiger partial charge in [-0.2, -0.15) is 0 Å². The molecule has 2 aromatic rings. The van der Waals surface area contributed by atoms with Crippen LogP contribution in [0.1, 0.15) is 12.5 Å². The lowest BCUT2D eigenvalue weighted by Crippen LogP contribution is -2.52. The maximum absolute atomic E-state index is 12.6. The van der Waals surface area contributed by atoms with Crippen LogP contribution in [0.15, 0.2) is 36.5 Å². The van der Waals surface area contributed by atoms with Crippen LogP contribution in [0.4, 0.5) is 5.69 Å². The summed E-state index contributed by atoms with van der Waals surface area (Å²) in [5.41, 5.74) is 1.63. The van der Waals surface area contributed by atoms with Gasteiger partial charge in [0.05, 0.1) is 25.9 Å². The van der Waals surface area contributed by atoms with Crippen LogP contribution in [0.3, 0.4) is 0 Å². The van der Waals surface area contributed by atoms with E-state index in [4.69, 9.17) is 21.1 Å². The summed E-state index contributed by atoms with van der Waals surface area (Å²) in [6.07, 6.45) is 1.60. The van der Waals surface area contributed by atoms with Crippen molar-refractivity contribution in [1.29, 1.82) is 0 Å². The predicted molar refractivity (Wildman–Crippen MR) is 114 cm³/mol. The average Bonchev–Trinajstić information content (AvgIpc) is 2.75. The van der Waals surface area contributed by atoms with E-state index in [0.717, 1.165) is 49.8 Å². The minimum absolute atomic E-state index is 0.0807. The summed E-state index contributed by atoms with van der Waals surface area (Å²) in [6.45, 7) is 6.04. The van der Waals surface area contributed by atoms with Gasteiger partial charge in [-0.15, -0.1) is 0 Å². The number of benzene rings is 1. The number of carbonyl (C=O) groups excluding carboxylic acids is 1. The molecule has 156 valence electrons.